The van der Waals surface area contributed by atoms with E-state index < -0.39 is 0 Å². The van der Waals surface area contributed by atoms with Crippen LogP contribution >= 0.6 is 11.3 Å². The number of hydrogen-bond donors (Lipinski definition) is 0. The van der Waals surface area contributed by atoms with Crippen molar-refractivity contribution in [1.29, 1.82) is 0 Å². The Labute approximate surface area is 373 Å². The first-order valence-electron chi connectivity index (χ1n) is 21.7. The molecule has 0 spiro atoms. The minimum Gasteiger partial charge on any atom is -0.456 e. The molecule has 0 aliphatic heterocycles. The van der Waals surface area contributed by atoms with Gasteiger partial charge in [-0.2, -0.15) is 0 Å². The average Bonchev–Trinajstić information content (AvgIpc) is 4.06. The van der Waals surface area contributed by atoms with Gasteiger partial charge in [0.05, 0.1) is 5.69 Å². The highest BCUT2D eigenvalue weighted by Crippen LogP contribution is 2.50. The number of thiophene rings is 1. The first-order valence-corrected chi connectivity index (χ1v) is 22.5. The van der Waals surface area contributed by atoms with Gasteiger partial charge in [0.1, 0.15) is 22.3 Å². The van der Waals surface area contributed by atoms with E-state index in [1.54, 1.807) is 0 Å². The van der Waals surface area contributed by atoms with Crippen LogP contribution in [0.3, 0.4) is 0 Å². The van der Waals surface area contributed by atoms with Crippen molar-refractivity contribution in [2.75, 3.05) is 4.90 Å². The van der Waals surface area contributed by atoms with Crippen LogP contribution in [0.5, 0.6) is 0 Å². The summed E-state index contributed by atoms with van der Waals surface area (Å²) in [4.78, 5) is 2.41. The van der Waals surface area contributed by atoms with E-state index in [0.29, 0.717) is 0 Å². The third-order valence-corrected chi connectivity index (χ3v) is 13.9. The maximum Gasteiger partial charge on any atom is 0.136 e. The van der Waals surface area contributed by atoms with Crippen LogP contribution in [0.4, 0.5) is 17.1 Å². The SMILES string of the molecule is c1ccc(-c2ccccc2N(c2ccc(-c3c(-c4ccc5oc6ccccc6c5c4-c4ccccc4)ccc4oc5ccccc5c34)cc2)c2ccc3sc4ccccc4c3c2)cc1. The summed E-state index contributed by atoms with van der Waals surface area (Å²) in [5.74, 6) is 0. The molecule has 0 amide bonds. The summed E-state index contributed by atoms with van der Waals surface area (Å²) in [5, 5.41) is 6.93. The van der Waals surface area contributed by atoms with E-state index in [0.717, 1.165) is 99.9 Å². The number of para-hydroxylation sites is 3. The smallest absolute Gasteiger partial charge is 0.136 e. The van der Waals surface area contributed by atoms with Crippen molar-refractivity contribution >= 4 is 92.4 Å². The topological polar surface area (TPSA) is 29.5 Å². The Morgan fingerprint density at radius 2 is 0.812 bits per heavy atom. The van der Waals surface area contributed by atoms with E-state index in [1.165, 1.54) is 25.7 Å². The molecule has 13 aromatic rings. The highest BCUT2D eigenvalue weighted by Gasteiger charge is 2.24. The molecule has 3 heterocycles. The molecule has 300 valence electrons. The van der Waals surface area contributed by atoms with Gasteiger partial charge in [-0.1, -0.05) is 146 Å². The molecule has 64 heavy (non-hydrogen) atoms. The van der Waals surface area contributed by atoms with Crippen molar-refractivity contribution in [2.24, 2.45) is 0 Å². The predicted octanol–water partition coefficient (Wildman–Crippen LogP) is 18.0. The normalized spacial score (nSPS) is 11.8. The second-order valence-corrected chi connectivity index (χ2v) is 17.4. The van der Waals surface area contributed by atoms with Gasteiger partial charge in [-0.25, -0.2) is 0 Å². The lowest BCUT2D eigenvalue weighted by Gasteiger charge is -2.28. The fourth-order valence-electron chi connectivity index (χ4n) is 9.87. The molecule has 3 nitrogen and oxygen atoms in total. The lowest BCUT2D eigenvalue weighted by molar-refractivity contribution is 0.668. The largest absolute Gasteiger partial charge is 0.456 e. The van der Waals surface area contributed by atoms with Gasteiger partial charge in [0, 0.05) is 69.8 Å². The van der Waals surface area contributed by atoms with Gasteiger partial charge in [0.25, 0.3) is 0 Å². The molecule has 0 saturated heterocycles. The number of rotatable bonds is 7. The van der Waals surface area contributed by atoms with Crippen molar-refractivity contribution < 1.29 is 8.83 Å². The lowest BCUT2D eigenvalue weighted by atomic mass is 9.85. The zero-order valence-electron chi connectivity index (χ0n) is 34.5. The third-order valence-electron chi connectivity index (χ3n) is 12.7. The zero-order valence-corrected chi connectivity index (χ0v) is 35.4. The van der Waals surface area contributed by atoms with E-state index in [4.69, 9.17) is 8.83 Å². The van der Waals surface area contributed by atoms with E-state index in [9.17, 15) is 0 Å². The highest BCUT2D eigenvalue weighted by atomic mass is 32.1. The van der Waals surface area contributed by atoms with Crippen LogP contribution in [0.1, 0.15) is 0 Å². The number of furan rings is 2. The van der Waals surface area contributed by atoms with Crippen LogP contribution in [-0.2, 0) is 0 Å². The summed E-state index contributed by atoms with van der Waals surface area (Å²) >= 11 is 1.84. The Bertz CT molecular complexity index is 3900. The van der Waals surface area contributed by atoms with E-state index in [-0.39, 0.29) is 0 Å². The van der Waals surface area contributed by atoms with E-state index >= 15 is 0 Å². The van der Waals surface area contributed by atoms with Crippen LogP contribution < -0.4 is 4.90 Å². The highest BCUT2D eigenvalue weighted by molar-refractivity contribution is 7.25. The number of hydrogen-bond acceptors (Lipinski definition) is 4. The van der Waals surface area contributed by atoms with E-state index in [2.05, 4.69) is 217 Å². The molecule has 10 aromatic carbocycles. The summed E-state index contributed by atoms with van der Waals surface area (Å²) in [6.07, 6.45) is 0. The molecule has 0 aliphatic rings. The van der Waals surface area contributed by atoms with Crippen molar-refractivity contribution in [3.8, 4) is 44.5 Å². The minimum atomic E-state index is 0.856. The maximum atomic E-state index is 6.61. The first kappa shape index (κ1) is 36.5. The zero-order chi connectivity index (χ0) is 42.1. The Hall–Kier alpha value is -8.18. The lowest BCUT2D eigenvalue weighted by Crippen LogP contribution is -2.11. The van der Waals surface area contributed by atoms with Gasteiger partial charge in [-0.05, 0) is 107 Å². The molecule has 0 aliphatic carbocycles. The summed E-state index contributed by atoms with van der Waals surface area (Å²) < 4.78 is 15.7. The first-order chi connectivity index (χ1) is 31.7. The molecule has 0 fully saturated rings. The maximum absolute atomic E-state index is 6.61. The molecule has 0 radical (unpaired) electrons. The summed E-state index contributed by atoms with van der Waals surface area (Å²) in [7, 11) is 0. The van der Waals surface area contributed by atoms with Crippen LogP contribution in [0, 0.1) is 0 Å². The summed E-state index contributed by atoms with van der Waals surface area (Å²) in [6.45, 7) is 0. The quantitative estimate of drug-likeness (QED) is 0.160. The third kappa shape index (κ3) is 5.81. The predicted molar refractivity (Wildman–Crippen MR) is 270 cm³/mol. The molecule has 0 bridgehead atoms. The van der Waals surface area contributed by atoms with Gasteiger partial charge < -0.3 is 13.7 Å². The molecular weight excluding hydrogens is 799 g/mol. The number of benzene rings is 10. The Kier molecular flexibility index (Phi) is 8.40. The van der Waals surface area contributed by atoms with Crippen LogP contribution in [0.25, 0.3) is 109 Å². The monoisotopic (exact) mass is 835 g/mol. The molecular formula is C60H37NO2S. The van der Waals surface area contributed by atoms with Gasteiger partial charge in [-0.15, -0.1) is 11.3 Å². The second kappa shape index (κ2) is 14.7. The standard InChI is InChI=1S/C60H37NO2S/c1-3-15-38(16-4-1)43-19-7-11-23-50(43)61(42-31-36-56-49(37-42)44-20-10-14-26-55(44)64-56)41-29-27-40(28-30-41)58-46(33-35-54-60(58)48-22-9-13-25-52(48)63-54)45-32-34-53-59(47-21-8-12-24-51(47)62-53)57(45)39-17-5-2-6-18-39/h1-37H. The Morgan fingerprint density at radius 3 is 1.47 bits per heavy atom. The number of anilines is 3. The Morgan fingerprint density at radius 1 is 0.312 bits per heavy atom. The van der Waals surface area contributed by atoms with E-state index in [1.807, 2.05) is 23.5 Å². The molecule has 4 heteroatoms. The van der Waals surface area contributed by atoms with Crippen molar-refractivity contribution in [1.82, 2.24) is 0 Å². The molecule has 0 atom stereocenters. The fourth-order valence-corrected chi connectivity index (χ4v) is 11.0. The average molecular weight is 836 g/mol. The van der Waals surface area contributed by atoms with Crippen LogP contribution in [0.2, 0.25) is 0 Å². The van der Waals surface area contributed by atoms with Crippen molar-refractivity contribution in [2.45, 2.75) is 0 Å². The van der Waals surface area contributed by atoms with Crippen LogP contribution in [-0.4, -0.2) is 0 Å². The second-order valence-electron chi connectivity index (χ2n) is 16.3. The number of fused-ring (bicyclic) bond motifs is 9. The fraction of sp³-hybridized carbons (Fsp3) is 0. The molecule has 0 unspecified atom stereocenters. The summed E-state index contributed by atoms with van der Waals surface area (Å²) in [6, 6.07) is 80.5. The molecule has 0 saturated carbocycles. The minimum absolute atomic E-state index is 0.856. The van der Waals surface area contributed by atoms with Gasteiger partial charge in [0.2, 0.25) is 0 Å². The number of nitrogens with zero attached hydrogens (tertiary/aromatic N) is 1. The van der Waals surface area contributed by atoms with Gasteiger partial charge >= 0.3 is 0 Å². The van der Waals surface area contributed by atoms with Crippen LogP contribution in [0.15, 0.2) is 233 Å². The van der Waals surface area contributed by atoms with Gasteiger partial charge in [-0.3, -0.25) is 0 Å². The van der Waals surface area contributed by atoms with Gasteiger partial charge in [0.15, 0.2) is 0 Å². The van der Waals surface area contributed by atoms with Crippen molar-refractivity contribution in [3.63, 3.8) is 0 Å². The van der Waals surface area contributed by atoms with Crippen molar-refractivity contribution in [3.05, 3.63) is 224 Å². The molecule has 3 aromatic heterocycles. The summed E-state index contributed by atoms with van der Waals surface area (Å²) in [5.41, 5.74) is 15.8. The molecule has 0 N–H and O–H groups in total. The Balaban J connectivity index is 1.06. The molecule has 13 rings (SSSR count).